The smallest absolute Gasteiger partial charge is 0.152 e. The third-order valence-electron chi connectivity index (χ3n) is 1.77. The van der Waals surface area contributed by atoms with Crippen LogP contribution in [-0.2, 0) is 0 Å². The first-order valence-corrected chi connectivity index (χ1v) is 4.16. The summed E-state index contributed by atoms with van der Waals surface area (Å²) in [6.07, 6.45) is 8.18. The third-order valence-corrected chi connectivity index (χ3v) is 1.77. The minimum Gasteiger partial charge on any atom is -0.371 e. The molecule has 0 atom stereocenters. The van der Waals surface area contributed by atoms with Gasteiger partial charge in [-0.1, -0.05) is 0 Å². The van der Waals surface area contributed by atoms with E-state index in [-0.39, 0.29) is 0 Å². The van der Waals surface area contributed by atoms with E-state index in [1.165, 1.54) is 6.33 Å². The fourth-order valence-electron chi connectivity index (χ4n) is 1.15. The first-order chi connectivity index (χ1) is 6.92. The number of aromatic nitrogens is 4. The number of rotatable bonds is 2. The lowest BCUT2D eigenvalue weighted by atomic mass is 10.2. The van der Waals surface area contributed by atoms with Crippen LogP contribution in [0, 0.1) is 0 Å². The highest BCUT2D eigenvalue weighted by atomic mass is 15.0. The maximum atomic E-state index is 4.21. The van der Waals surface area contributed by atoms with Crippen molar-refractivity contribution in [3.05, 3.63) is 31.1 Å². The Balaban J connectivity index is 2.51. The molecule has 0 bridgehead atoms. The van der Waals surface area contributed by atoms with Gasteiger partial charge in [0.2, 0.25) is 0 Å². The second kappa shape index (κ2) is 3.78. The number of hydrogen-bond acceptors (Lipinski definition) is 5. The van der Waals surface area contributed by atoms with Crippen LogP contribution in [0.3, 0.4) is 0 Å². The van der Waals surface area contributed by atoms with Gasteiger partial charge >= 0.3 is 0 Å². The van der Waals surface area contributed by atoms with Gasteiger partial charge in [-0.05, 0) is 0 Å². The fraction of sp³-hybridized carbons (Fsp3) is 0.111. The van der Waals surface area contributed by atoms with Crippen LogP contribution in [0.5, 0.6) is 0 Å². The van der Waals surface area contributed by atoms with Crippen LogP contribution in [0.25, 0.3) is 11.3 Å². The zero-order valence-electron chi connectivity index (χ0n) is 7.68. The van der Waals surface area contributed by atoms with Gasteiger partial charge in [0.15, 0.2) is 5.82 Å². The highest BCUT2D eigenvalue weighted by Crippen LogP contribution is 2.20. The van der Waals surface area contributed by atoms with Crippen LogP contribution in [0.2, 0.25) is 0 Å². The van der Waals surface area contributed by atoms with Gasteiger partial charge in [0, 0.05) is 37.4 Å². The first-order valence-electron chi connectivity index (χ1n) is 4.16. The highest BCUT2D eigenvalue weighted by molar-refractivity contribution is 5.69. The van der Waals surface area contributed by atoms with Crippen LogP contribution in [0.1, 0.15) is 0 Å². The largest absolute Gasteiger partial charge is 0.371 e. The molecular weight excluding hydrogens is 178 g/mol. The molecule has 0 aromatic carbocycles. The summed E-state index contributed by atoms with van der Waals surface area (Å²) in [7, 11) is 1.80. The molecule has 2 heterocycles. The lowest BCUT2D eigenvalue weighted by molar-refractivity contribution is 1.14. The van der Waals surface area contributed by atoms with Crippen LogP contribution < -0.4 is 5.32 Å². The zero-order valence-corrected chi connectivity index (χ0v) is 7.68. The molecule has 5 nitrogen and oxygen atoms in total. The summed E-state index contributed by atoms with van der Waals surface area (Å²) in [5.41, 5.74) is 1.61. The van der Waals surface area contributed by atoms with E-state index >= 15 is 0 Å². The Morgan fingerprint density at radius 3 is 2.50 bits per heavy atom. The second-order valence-electron chi connectivity index (χ2n) is 2.63. The molecule has 0 unspecified atom stereocenters. The first kappa shape index (κ1) is 8.55. The van der Waals surface area contributed by atoms with Gasteiger partial charge in [0.25, 0.3) is 0 Å². The van der Waals surface area contributed by atoms with Gasteiger partial charge in [-0.25, -0.2) is 15.0 Å². The van der Waals surface area contributed by atoms with Crippen molar-refractivity contribution in [3.8, 4) is 11.3 Å². The summed E-state index contributed by atoms with van der Waals surface area (Å²) in [6, 6.07) is 0. The minimum absolute atomic E-state index is 0.724. The Morgan fingerprint density at radius 2 is 1.79 bits per heavy atom. The normalized spacial score (nSPS) is 9.79. The van der Waals surface area contributed by atoms with Crippen molar-refractivity contribution in [1.29, 1.82) is 0 Å². The number of nitrogens with zero attached hydrogens (tertiary/aromatic N) is 4. The maximum absolute atomic E-state index is 4.21. The molecule has 2 aromatic heterocycles. The molecule has 1 N–H and O–H groups in total. The summed E-state index contributed by atoms with van der Waals surface area (Å²) in [4.78, 5) is 16.2. The van der Waals surface area contributed by atoms with Crippen LogP contribution in [-0.4, -0.2) is 27.0 Å². The quantitative estimate of drug-likeness (QED) is 0.759. The molecule has 5 heteroatoms. The van der Waals surface area contributed by atoms with Gasteiger partial charge in [-0.2, -0.15) is 0 Å². The average Bonchev–Trinajstić information content (AvgIpc) is 2.30. The number of hydrogen-bond donors (Lipinski definition) is 1. The van der Waals surface area contributed by atoms with Gasteiger partial charge in [-0.3, -0.25) is 4.98 Å². The molecule has 2 aromatic rings. The molecule has 0 aliphatic carbocycles. The van der Waals surface area contributed by atoms with E-state index in [4.69, 9.17) is 0 Å². The average molecular weight is 187 g/mol. The topological polar surface area (TPSA) is 63.6 Å². The predicted octanol–water partition coefficient (Wildman–Crippen LogP) is 0.975. The summed E-state index contributed by atoms with van der Waals surface area (Å²) in [5.74, 6) is 0.724. The van der Waals surface area contributed by atoms with Crippen molar-refractivity contribution in [2.24, 2.45) is 0 Å². The van der Waals surface area contributed by atoms with Gasteiger partial charge in [-0.15, -0.1) is 0 Å². The number of anilines is 1. The van der Waals surface area contributed by atoms with Crippen LogP contribution in [0.15, 0.2) is 31.1 Å². The lowest BCUT2D eigenvalue weighted by Crippen LogP contribution is -1.97. The van der Waals surface area contributed by atoms with E-state index in [2.05, 4.69) is 25.3 Å². The Labute approximate surface area is 81.3 Å². The number of nitrogens with one attached hydrogen (secondary N) is 1. The van der Waals surface area contributed by atoms with Crippen molar-refractivity contribution in [2.75, 3.05) is 12.4 Å². The van der Waals surface area contributed by atoms with E-state index in [1.54, 1.807) is 31.8 Å². The van der Waals surface area contributed by atoms with Crippen LogP contribution in [0.4, 0.5) is 5.82 Å². The molecule has 14 heavy (non-hydrogen) atoms. The van der Waals surface area contributed by atoms with Crippen LogP contribution >= 0.6 is 0 Å². The molecule has 0 saturated heterocycles. The van der Waals surface area contributed by atoms with Crippen molar-refractivity contribution >= 4 is 5.82 Å². The molecule has 0 aliphatic heterocycles. The standard InChI is InChI=1S/C9H9N5/c1-10-9-8(13-2-3-14-9)7-4-11-6-12-5-7/h2-6H,1H3,(H,10,14). The van der Waals surface area contributed by atoms with E-state index in [1.807, 2.05) is 0 Å². The Hall–Kier alpha value is -2.04. The van der Waals surface area contributed by atoms with Crippen molar-refractivity contribution in [3.63, 3.8) is 0 Å². The van der Waals surface area contributed by atoms with Crippen molar-refractivity contribution < 1.29 is 0 Å². The van der Waals surface area contributed by atoms with Gasteiger partial charge in [0.1, 0.15) is 12.0 Å². The molecular formula is C9H9N5. The summed E-state index contributed by atoms with van der Waals surface area (Å²) in [5, 5.41) is 2.96. The van der Waals surface area contributed by atoms with E-state index in [0.717, 1.165) is 17.1 Å². The van der Waals surface area contributed by atoms with E-state index < -0.39 is 0 Å². The Kier molecular flexibility index (Phi) is 2.31. The molecule has 0 radical (unpaired) electrons. The van der Waals surface area contributed by atoms with Gasteiger partial charge in [0.05, 0.1) is 0 Å². The summed E-state index contributed by atoms with van der Waals surface area (Å²) in [6.45, 7) is 0. The van der Waals surface area contributed by atoms with Gasteiger partial charge < -0.3 is 5.32 Å². The second-order valence-corrected chi connectivity index (χ2v) is 2.63. The van der Waals surface area contributed by atoms with E-state index in [9.17, 15) is 0 Å². The SMILES string of the molecule is CNc1nccnc1-c1cncnc1. The lowest BCUT2D eigenvalue weighted by Gasteiger charge is -2.04. The van der Waals surface area contributed by atoms with Crippen molar-refractivity contribution in [2.45, 2.75) is 0 Å². The summed E-state index contributed by atoms with van der Waals surface area (Å²) >= 11 is 0. The molecule has 0 spiro atoms. The minimum atomic E-state index is 0.724. The zero-order chi connectivity index (χ0) is 9.80. The van der Waals surface area contributed by atoms with E-state index in [0.29, 0.717) is 0 Å². The molecule has 0 saturated carbocycles. The molecule has 0 fully saturated rings. The molecule has 2 rings (SSSR count). The summed E-state index contributed by atoms with van der Waals surface area (Å²) < 4.78 is 0. The molecule has 0 aliphatic rings. The highest BCUT2D eigenvalue weighted by Gasteiger charge is 2.05. The molecule has 70 valence electrons. The monoisotopic (exact) mass is 187 g/mol. The Morgan fingerprint density at radius 1 is 1.07 bits per heavy atom. The van der Waals surface area contributed by atoms with Crippen molar-refractivity contribution in [1.82, 2.24) is 19.9 Å². The third kappa shape index (κ3) is 1.52. The fourth-order valence-corrected chi connectivity index (χ4v) is 1.15. The molecule has 0 amide bonds. The predicted molar refractivity (Wildman–Crippen MR) is 52.6 cm³/mol. The Bertz CT molecular complexity index is 415. The maximum Gasteiger partial charge on any atom is 0.152 e.